The van der Waals surface area contributed by atoms with Crippen LogP contribution in [0.25, 0.3) is 0 Å². The van der Waals surface area contributed by atoms with Crippen molar-refractivity contribution < 1.29 is 4.74 Å². The van der Waals surface area contributed by atoms with E-state index >= 15 is 0 Å². The van der Waals surface area contributed by atoms with Crippen molar-refractivity contribution >= 4 is 5.69 Å². The standard InChI is InChI=1S/C16H20N2O/c1-13-4-2-3-5-14(13)12-19-16-8-6-15(7-9-16)18-11-10-17/h2-9,18H,10-12,17H2,1H3. The van der Waals surface area contributed by atoms with E-state index in [1.807, 2.05) is 36.4 Å². The lowest BCUT2D eigenvalue weighted by molar-refractivity contribution is 0.305. The second-order valence-electron chi connectivity index (χ2n) is 4.45. The summed E-state index contributed by atoms with van der Waals surface area (Å²) in [5.74, 6) is 0.876. The molecule has 0 atom stereocenters. The first-order valence-electron chi connectivity index (χ1n) is 6.51. The molecule has 19 heavy (non-hydrogen) atoms. The maximum absolute atomic E-state index is 5.78. The molecule has 0 aliphatic rings. The van der Waals surface area contributed by atoms with Crippen molar-refractivity contribution in [1.29, 1.82) is 0 Å². The van der Waals surface area contributed by atoms with Gasteiger partial charge in [0.05, 0.1) is 0 Å². The lowest BCUT2D eigenvalue weighted by atomic mass is 10.1. The summed E-state index contributed by atoms with van der Waals surface area (Å²) in [5.41, 5.74) is 8.98. The van der Waals surface area contributed by atoms with Crippen LogP contribution in [-0.2, 0) is 6.61 Å². The normalized spacial score (nSPS) is 10.2. The summed E-state index contributed by atoms with van der Waals surface area (Å²) < 4.78 is 5.78. The van der Waals surface area contributed by atoms with Gasteiger partial charge in [0.1, 0.15) is 12.4 Å². The van der Waals surface area contributed by atoms with E-state index in [2.05, 4.69) is 24.4 Å². The average Bonchev–Trinajstić information content (AvgIpc) is 2.45. The highest BCUT2D eigenvalue weighted by Crippen LogP contribution is 2.17. The summed E-state index contributed by atoms with van der Waals surface area (Å²) in [5, 5.41) is 3.22. The van der Waals surface area contributed by atoms with Gasteiger partial charge in [-0.05, 0) is 42.3 Å². The minimum absolute atomic E-state index is 0.599. The summed E-state index contributed by atoms with van der Waals surface area (Å²) in [6.07, 6.45) is 0. The number of rotatable bonds is 6. The molecular weight excluding hydrogens is 236 g/mol. The molecule has 0 aromatic heterocycles. The molecule has 0 aliphatic heterocycles. The van der Waals surface area contributed by atoms with Crippen LogP contribution in [0.2, 0.25) is 0 Å². The largest absolute Gasteiger partial charge is 0.489 e. The Kier molecular flexibility index (Phi) is 4.81. The van der Waals surface area contributed by atoms with E-state index in [4.69, 9.17) is 10.5 Å². The second kappa shape index (κ2) is 6.81. The Labute approximate surface area is 114 Å². The molecule has 2 rings (SSSR count). The first kappa shape index (κ1) is 13.4. The number of aryl methyl sites for hydroxylation is 1. The van der Waals surface area contributed by atoms with Gasteiger partial charge in [0.2, 0.25) is 0 Å². The Balaban J connectivity index is 1.91. The average molecular weight is 256 g/mol. The maximum Gasteiger partial charge on any atom is 0.119 e. The first-order valence-corrected chi connectivity index (χ1v) is 6.51. The van der Waals surface area contributed by atoms with Crippen molar-refractivity contribution in [2.45, 2.75) is 13.5 Å². The summed E-state index contributed by atoms with van der Waals surface area (Å²) >= 11 is 0. The third-order valence-electron chi connectivity index (χ3n) is 2.98. The predicted octanol–water partition coefficient (Wildman–Crippen LogP) is 2.94. The fourth-order valence-electron chi connectivity index (χ4n) is 1.82. The number of nitrogens with one attached hydrogen (secondary N) is 1. The summed E-state index contributed by atoms with van der Waals surface area (Å²) in [7, 11) is 0. The lowest BCUT2D eigenvalue weighted by Crippen LogP contribution is -2.12. The van der Waals surface area contributed by atoms with Crippen molar-refractivity contribution in [2.24, 2.45) is 5.73 Å². The number of hydrogen-bond acceptors (Lipinski definition) is 3. The summed E-state index contributed by atoms with van der Waals surface area (Å²) in [6, 6.07) is 16.2. The minimum Gasteiger partial charge on any atom is -0.489 e. The quantitative estimate of drug-likeness (QED) is 0.835. The molecular formula is C16H20N2O. The van der Waals surface area contributed by atoms with E-state index < -0.39 is 0 Å². The third-order valence-corrected chi connectivity index (χ3v) is 2.98. The van der Waals surface area contributed by atoms with E-state index in [-0.39, 0.29) is 0 Å². The molecule has 0 saturated carbocycles. The van der Waals surface area contributed by atoms with Gasteiger partial charge in [-0.25, -0.2) is 0 Å². The minimum atomic E-state index is 0.599. The molecule has 0 fully saturated rings. The number of hydrogen-bond donors (Lipinski definition) is 2. The molecule has 0 heterocycles. The van der Waals surface area contributed by atoms with Gasteiger partial charge in [0, 0.05) is 18.8 Å². The van der Waals surface area contributed by atoms with Crippen molar-refractivity contribution in [3.05, 3.63) is 59.7 Å². The highest BCUT2D eigenvalue weighted by Gasteiger charge is 1.99. The van der Waals surface area contributed by atoms with Crippen LogP contribution in [0.5, 0.6) is 5.75 Å². The van der Waals surface area contributed by atoms with Crippen LogP contribution in [0.15, 0.2) is 48.5 Å². The van der Waals surface area contributed by atoms with Gasteiger partial charge in [0.25, 0.3) is 0 Å². The van der Waals surface area contributed by atoms with E-state index in [0.717, 1.165) is 18.0 Å². The summed E-state index contributed by atoms with van der Waals surface area (Å²) in [6.45, 7) is 4.11. The predicted molar refractivity (Wildman–Crippen MR) is 79.5 cm³/mol. The second-order valence-corrected chi connectivity index (χ2v) is 4.45. The lowest BCUT2D eigenvalue weighted by Gasteiger charge is -2.10. The zero-order valence-electron chi connectivity index (χ0n) is 11.2. The van der Waals surface area contributed by atoms with Crippen LogP contribution in [0.3, 0.4) is 0 Å². The van der Waals surface area contributed by atoms with Gasteiger partial charge in [-0.3, -0.25) is 0 Å². The zero-order chi connectivity index (χ0) is 13.5. The van der Waals surface area contributed by atoms with Crippen LogP contribution < -0.4 is 15.8 Å². The van der Waals surface area contributed by atoms with Crippen LogP contribution in [-0.4, -0.2) is 13.1 Å². The van der Waals surface area contributed by atoms with Gasteiger partial charge < -0.3 is 15.8 Å². The van der Waals surface area contributed by atoms with Gasteiger partial charge >= 0.3 is 0 Å². The fourth-order valence-corrected chi connectivity index (χ4v) is 1.82. The van der Waals surface area contributed by atoms with Crippen molar-refractivity contribution in [1.82, 2.24) is 0 Å². The molecule has 0 amide bonds. The van der Waals surface area contributed by atoms with E-state index in [0.29, 0.717) is 13.2 Å². The molecule has 3 nitrogen and oxygen atoms in total. The van der Waals surface area contributed by atoms with Crippen LogP contribution >= 0.6 is 0 Å². The van der Waals surface area contributed by atoms with E-state index in [9.17, 15) is 0 Å². The van der Waals surface area contributed by atoms with Crippen molar-refractivity contribution in [3.63, 3.8) is 0 Å². The van der Waals surface area contributed by atoms with Gasteiger partial charge in [-0.15, -0.1) is 0 Å². The molecule has 2 aromatic carbocycles. The van der Waals surface area contributed by atoms with Crippen LogP contribution in [0, 0.1) is 6.92 Å². The van der Waals surface area contributed by atoms with Gasteiger partial charge in [0.15, 0.2) is 0 Å². The zero-order valence-corrected chi connectivity index (χ0v) is 11.2. The molecule has 0 aliphatic carbocycles. The fraction of sp³-hybridized carbons (Fsp3) is 0.250. The van der Waals surface area contributed by atoms with Crippen LogP contribution in [0.4, 0.5) is 5.69 Å². The molecule has 3 N–H and O–H groups in total. The SMILES string of the molecule is Cc1ccccc1COc1ccc(NCCN)cc1. The Bertz CT molecular complexity index is 508. The number of ether oxygens (including phenoxy) is 1. The Morgan fingerprint density at radius 2 is 1.79 bits per heavy atom. The molecule has 0 spiro atoms. The number of nitrogens with two attached hydrogens (primary N) is 1. The number of anilines is 1. The van der Waals surface area contributed by atoms with Crippen LogP contribution in [0.1, 0.15) is 11.1 Å². The van der Waals surface area contributed by atoms with E-state index in [1.165, 1.54) is 11.1 Å². The van der Waals surface area contributed by atoms with Gasteiger partial charge in [-0.2, -0.15) is 0 Å². The Hall–Kier alpha value is -2.00. The molecule has 0 radical (unpaired) electrons. The molecule has 0 unspecified atom stereocenters. The van der Waals surface area contributed by atoms with Crippen molar-refractivity contribution in [3.8, 4) is 5.75 Å². The molecule has 100 valence electrons. The smallest absolute Gasteiger partial charge is 0.119 e. The maximum atomic E-state index is 5.78. The molecule has 2 aromatic rings. The molecule has 0 bridgehead atoms. The summed E-state index contributed by atoms with van der Waals surface area (Å²) in [4.78, 5) is 0. The Morgan fingerprint density at radius 1 is 1.05 bits per heavy atom. The molecule has 0 saturated heterocycles. The highest BCUT2D eigenvalue weighted by atomic mass is 16.5. The monoisotopic (exact) mass is 256 g/mol. The number of benzene rings is 2. The highest BCUT2D eigenvalue weighted by molar-refractivity contribution is 5.46. The molecule has 3 heteroatoms. The third kappa shape index (κ3) is 4.00. The first-order chi connectivity index (χ1) is 9.29. The topological polar surface area (TPSA) is 47.3 Å². The van der Waals surface area contributed by atoms with Crippen molar-refractivity contribution in [2.75, 3.05) is 18.4 Å². The van der Waals surface area contributed by atoms with Gasteiger partial charge in [-0.1, -0.05) is 24.3 Å². The Morgan fingerprint density at radius 3 is 2.47 bits per heavy atom. The van der Waals surface area contributed by atoms with E-state index in [1.54, 1.807) is 0 Å².